The van der Waals surface area contributed by atoms with Crippen LogP contribution in [0.5, 0.6) is 0 Å². The lowest BCUT2D eigenvalue weighted by atomic mass is 10.2. The molecule has 1 aliphatic heterocycles. The number of rotatable bonds is 3. The molecule has 3 rings (SSSR count). The molecule has 11 heteroatoms. The Morgan fingerprint density at radius 1 is 1.00 bits per heavy atom. The largest absolute Gasteiger partial charge is 0.444 e. The Bertz CT molecular complexity index is 1030. The smallest absolute Gasteiger partial charge is 0.410 e. The highest BCUT2D eigenvalue weighted by Gasteiger charge is 2.29. The van der Waals surface area contributed by atoms with Gasteiger partial charge in [0.25, 0.3) is 5.91 Å². The first-order valence-electron chi connectivity index (χ1n) is 9.44. The molecule has 2 aromatic rings. The Hall–Kier alpha value is -2.95. The summed E-state index contributed by atoms with van der Waals surface area (Å²) in [4.78, 5) is 28.3. The van der Waals surface area contributed by atoms with Crippen molar-refractivity contribution >= 4 is 21.8 Å². The van der Waals surface area contributed by atoms with E-state index >= 15 is 0 Å². The Balaban J connectivity index is 1.63. The van der Waals surface area contributed by atoms with Crippen molar-refractivity contribution in [3.05, 3.63) is 36.2 Å². The van der Waals surface area contributed by atoms with Crippen molar-refractivity contribution in [1.29, 1.82) is 0 Å². The monoisotopic (exact) mass is 435 g/mol. The van der Waals surface area contributed by atoms with E-state index in [1.807, 2.05) is 20.8 Å². The second-order valence-corrected chi connectivity index (χ2v) is 10.1. The van der Waals surface area contributed by atoms with Gasteiger partial charge in [-0.25, -0.2) is 17.9 Å². The Morgan fingerprint density at radius 2 is 1.57 bits per heavy atom. The highest BCUT2D eigenvalue weighted by molar-refractivity contribution is 7.90. The van der Waals surface area contributed by atoms with Crippen LogP contribution in [0.3, 0.4) is 0 Å². The van der Waals surface area contributed by atoms with Gasteiger partial charge in [0.05, 0.1) is 16.8 Å². The van der Waals surface area contributed by atoms with Crippen LogP contribution in [-0.4, -0.2) is 83.2 Å². The van der Waals surface area contributed by atoms with E-state index in [-0.39, 0.29) is 16.5 Å². The Kier molecular flexibility index (Phi) is 5.84. The molecule has 1 aliphatic rings. The first-order chi connectivity index (χ1) is 13.9. The van der Waals surface area contributed by atoms with Gasteiger partial charge in [-0.05, 0) is 45.0 Å². The van der Waals surface area contributed by atoms with Crippen LogP contribution in [0.1, 0.15) is 31.3 Å². The molecule has 0 atom stereocenters. The van der Waals surface area contributed by atoms with Crippen molar-refractivity contribution in [3.63, 3.8) is 0 Å². The van der Waals surface area contributed by atoms with Crippen LogP contribution in [0.4, 0.5) is 4.79 Å². The molecular formula is C19H25N5O5S. The van der Waals surface area contributed by atoms with Gasteiger partial charge >= 0.3 is 6.09 Å². The lowest BCUT2D eigenvalue weighted by Crippen LogP contribution is -2.51. The maximum Gasteiger partial charge on any atom is 0.410 e. The molecule has 1 fully saturated rings. The molecule has 0 radical (unpaired) electrons. The number of aromatic nitrogens is 3. The molecule has 1 aromatic carbocycles. The van der Waals surface area contributed by atoms with Crippen molar-refractivity contribution in [2.24, 2.45) is 0 Å². The first-order valence-corrected chi connectivity index (χ1v) is 11.3. The molecule has 0 saturated carbocycles. The van der Waals surface area contributed by atoms with Gasteiger partial charge in [0, 0.05) is 32.4 Å². The summed E-state index contributed by atoms with van der Waals surface area (Å²) in [6.07, 6.45) is 2.24. The molecule has 0 bridgehead atoms. The minimum absolute atomic E-state index is 0.174. The van der Waals surface area contributed by atoms with E-state index in [9.17, 15) is 18.0 Å². The van der Waals surface area contributed by atoms with Crippen molar-refractivity contribution in [2.45, 2.75) is 31.3 Å². The van der Waals surface area contributed by atoms with E-state index in [0.717, 1.165) is 6.26 Å². The van der Waals surface area contributed by atoms with E-state index in [4.69, 9.17) is 4.74 Å². The summed E-state index contributed by atoms with van der Waals surface area (Å²) in [5.74, 6) is -0.280. The molecule has 10 nitrogen and oxygen atoms in total. The summed E-state index contributed by atoms with van der Waals surface area (Å²) < 4.78 is 29.9. The van der Waals surface area contributed by atoms with Gasteiger partial charge in [-0.1, -0.05) is 5.21 Å². The van der Waals surface area contributed by atoms with Gasteiger partial charge in [-0.15, -0.1) is 5.10 Å². The van der Waals surface area contributed by atoms with Crippen molar-refractivity contribution in [1.82, 2.24) is 24.8 Å². The van der Waals surface area contributed by atoms with Crippen LogP contribution in [0, 0.1) is 0 Å². The number of carbonyl (C=O) groups excluding carboxylic acids is 2. The molecule has 1 saturated heterocycles. The average molecular weight is 436 g/mol. The minimum atomic E-state index is -3.29. The van der Waals surface area contributed by atoms with Gasteiger partial charge < -0.3 is 14.5 Å². The third-order valence-electron chi connectivity index (χ3n) is 4.46. The molecule has 30 heavy (non-hydrogen) atoms. The number of ether oxygens (including phenoxy) is 1. The van der Waals surface area contributed by atoms with E-state index in [1.165, 1.54) is 23.0 Å². The van der Waals surface area contributed by atoms with Crippen LogP contribution in [-0.2, 0) is 14.6 Å². The number of carbonyl (C=O) groups is 2. The number of nitrogens with zero attached hydrogens (tertiary/aromatic N) is 5. The van der Waals surface area contributed by atoms with E-state index < -0.39 is 21.5 Å². The van der Waals surface area contributed by atoms with E-state index in [2.05, 4.69) is 10.3 Å². The van der Waals surface area contributed by atoms with Gasteiger partial charge in [0.15, 0.2) is 15.5 Å². The quantitative estimate of drug-likeness (QED) is 0.715. The van der Waals surface area contributed by atoms with Crippen molar-refractivity contribution in [3.8, 4) is 5.69 Å². The topological polar surface area (TPSA) is 115 Å². The third kappa shape index (κ3) is 5.15. The summed E-state index contributed by atoms with van der Waals surface area (Å²) in [7, 11) is -3.29. The number of sulfone groups is 1. The van der Waals surface area contributed by atoms with Crippen LogP contribution in [0.25, 0.3) is 5.69 Å². The van der Waals surface area contributed by atoms with Gasteiger partial charge in [0.2, 0.25) is 0 Å². The van der Waals surface area contributed by atoms with Crippen LogP contribution in [0.15, 0.2) is 35.4 Å². The number of hydrogen-bond donors (Lipinski definition) is 0. The van der Waals surface area contributed by atoms with Gasteiger partial charge in [0.1, 0.15) is 5.60 Å². The second kappa shape index (κ2) is 8.05. The summed E-state index contributed by atoms with van der Waals surface area (Å²) >= 11 is 0. The van der Waals surface area contributed by atoms with E-state index in [0.29, 0.717) is 31.9 Å². The standard InChI is InChI=1S/C19H25N5O5S/c1-19(2,3)29-18(26)23-11-9-22(10-12-23)17(25)16-13-24(21-20-16)14-5-7-15(8-6-14)30(4,27)28/h5-8,13H,9-12H2,1-4H3. The fraction of sp³-hybridized carbons (Fsp3) is 0.474. The summed E-state index contributed by atoms with van der Waals surface area (Å²) in [5, 5.41) is 7.90. The molecular weight excluding hydrogens is 410 g/mol. The third-order valence-corrected chi connectivity index (χ3v) is 5.59. The maximum absolute atomic E-state index is 12.7. The normalized spacial score (nSPS) is 15.2. The summed E-state index contributed by atoms with van der Waals surface area (Å²) in [6.45, 7) is 6.92. The molecule has 0 unspecified atom stereocenters. The molecule has 162 valence electrons. The van der Waals surface area contributed by atoms with Crippen molar-refractivity contribution in [2.75, 3.05) is 32.4 Å². The predicted octanol–water partition coefficient (Wildman–Crippen LogP) is 1.36. The second-order valence-electron chi connectivity index (χ2n) is 8.07. The number of piperazine rings is 1. The fourth-order valence-corrected chi connectivity index (χ4v) is 3.55. The zero-order chi connectivity index (χ0) is 22.1. The zero-order valence-corrected chi connectivity index (χ0v) is 18.2. The van der Waals surface area contributed by atoms with Crippen LogP contribution in [0.2, 0.25) is 0 Å². The highest BCUT2D eigenvalue weighted by atomic mass is 32.2. The Labute approximate surface area is 175 Å². The molecule has 0 N–H and O–H groups in total. The lowest BCUT2D eigenvalue weighted by molar-refractivity contribution is 0.0140. The predicted molar refractivity (Wildman–Crippen MR) is 108 cm³/mol. The van der Waals surface area contributed by atoms with E-state index in [1.54, 1.807) is 21.9 Å². The molecule has 2 amide bonds. The van der Waals surface area contributed by atoms with Crippen molar-refractivity contribution < 1.29 is 22.7 Å². The molecule has 1 aromatic heterocycles. The average Bonchev–Trinajstić information content (AvgIpc) is 3.16. The van der Waals surface area contributed by atoms with Crippen LogP contribution < -0.4 is 0 Å². The number of hydrogen-bond acceptors (Lipinski definition) is 7. The number of amides is 2. The fourth-order valence-electron chi connectivity index (χ4n) is 2.91. The molecule has 0 aliphatic carbocycles. The SMILES string of the molecule is CC(C)(C)OC(=O)N1CCN(C(=O)c2cn(-c3ccc(S(C)(=O)=O)cc3)nn2)CC1. The van der Waals surface area contributed by atoms with Gasteiger partial charge in [-0.2, -0.15) is 0 Å². The lowest BCUT2D eigenvalue weighted by Gasteiger charge is -2.35. The Morgan fingerprint density at radius 3 is 2.10 bits per heavy atom. The van der Waals surface area contributed by atoms with Gasteiger partial charge in [-0.3, -0.25) is 4.79 Å². The molecule has 2 heterocycles. The highest BCUT2D eigenvalue weighted by Crippen LogP contribution is 2.15. The number of benzene rings is 1. The summed E-state index contributed by atoms with van der Waals surface area (Å²) in [5.41, 5.74) is 0.193. The van der Waals surface area contributed by atoms with Crippen LogP contribution >= 0.6 is 0 Å². The zero-order valence-electron chi connectivity index (χ0n) is 17.4. The maximum atomic E-state index is 12.7. The summed E-state index contributed by atoms with van der Waals surface area (Å²) in [6, 6.07) is 6.14. The molecule has 0 spiro atoms. The minimum Gasteiger partial charge on any atom is -0.444 e. The first kappa shape index (κ1) is 21.8.